The van der Waals surface area contributed by atoms with Gasteiger partial charge in [0.15, 0.2) is 0 Å². The Labute approximate surface area is 114 Å². The number of anilines is 1. The number of benzene rings is 1. The van der Waals surface area contributed by atoms with E-state index in [0.29, 0.717) is 12.4 Å². The van der Waals surface area contributed by atoms with Gasteiger partial charge in [0.25, 0.3) is 0 Å². The number of nitrogens with one attached hydrogen (secondary N) is 1. The largest absolute Gasteiger partial charge is 0.492 e. The minimum Gasteiger partial charge on any atom is -0.492 e. The maximum absolute atomic E-state index is 8.62. The minimum atomic E-state index is 0.0197. The van der Waals surface area contributed by atoms with Crippen molar-refractivity contribution in [2.45, 2.75) is 6.92 Å². The molecule has 0 aliphatic rings. The Balaban J connectivity index is 2.97. The standard InChI is InChI=1S/C12H10IN3O/c1-2-17-12-4-3-10(13)5-11(12)16-8-9(6-14)7-15/h3-5,8,16H,2H2,1H3. The second kappa shape index (κ2) is 6.77. The predicted molar refractivity (Wildman–Crippen MR) is 73.3 cm³/mol. The van der Waals surface area contributed by atoms with Gasteiger partial charge < -0.3 is 10.1 Å². The Hall–Kier alpha value is -1.73. The van der Waals surface area contributed by atoms with Crippen molar-refractivity contribution in [2.75, 3.05) is 11.9 Å². The third kappa shape index (κ3) is 3.97. The SMILES string of the molecule is CCOc1ccc(I)cc1NC=C(C#N)C#N. The van der Waals surface area contributed by atoms with E-state index in [2.05, 4.69) is 27.9 Å². The van der Waals surface area contributed by atoms with Gasteiger partial charge in [-0.25, -0.2) is 0 Å². The molecule has 0 radical (unpaired) electrons. The van der Waals surface area contributed by atoms with Crippen LogP contribution in [0.4, 0.5) is 5.69 Å². The first-order valence-corrected chi connectivity index (χ1v) is 5.98. The van der Waals surface area contributed by atoms with Crippen molar-refractivity contribution in [3.63, 3.8) is 0 Å². The van der Waals surface area contributed by atoms with Crippen molar-refractivity contribution in [2.24, 2.45) is 0 Å². The Kier molecular flexibility index (Phi) is 5.31. The van der Waals surface area contributed by atoms with E-state index in [1.54, 1.807) is 12.1 Å². The number of ether oxygens (including phenoxy) is 1. The summed E-state index contributed by atoms with van der Waals surface area (Å²) in [6.07, 6.45) is 1.37. The second-order valence-electron chi connectivity index (χ2n) is 3.00. The highest BCUT2D eigenvalue weighted by molar-refractivity contribution is 14.1. The summed E-state index contributed by atoms with van der Waals surface area (Å²) in [5.41, 5.74) is 0.757. The van der Waals surface area contributed by atoms with Crippen molar-refractivity contribution < 1.29 is 4.74 Å². The topological polar surface area (TPSA) is 68.8 Å². The van der Waals surface area contributed by atoms with Crippen LogP contribution in [-0.2, 0) is 0 Å². The van der Waals surface area contributed by atoms with Crippen molar-refractivity contribution in [1.82, 2.24) is 0 Å². The van der Waals surface area contributed by atoms with Gasteiger partial charge in [-0.1, -0.05) is 0 Å². The summed E-state index contributed by atoms with van der Waals surface area (Å²) in [7, 11) is 0. The van der Waals surface area contributed by atoms with E-state index in [-0.39, 0.29) is 5.57 Å². The van der Waals surface area contributed by atoms with Gasteiger partial charge in [0, 0.05) is 9.77 Å². The van der Waals surface area contributed by atoms with E-state index in [4.69, 9.17) is 15.3 Å². The molecule has 0 heterocycles. The zero-order valence-electron chi connectivity index (χ0n) is 9.20. The second-order valence-corrected chi connectivity index (χ2v) is 4.25. The lowest BCUT2D eigenvalue weighted by molar-refractivity contribution is 0.342. The molecule has 86 valence electrons. The van der Waals surface area contributed by atoms with E-state index in [9.17, 15) is 0 Å². The average Bonchev–Trinajstić information content (AvgIpc) is 2.34. The molecule has 4 nitrogen and oxygen atoms in total. The van der Waals surface area contributed by atoms with Crippen LogP contribution < -0.4 is 10.1 Å². The lowest BCUT2D eigenvalue weighted by Crippen LogP contribution is -1.98. The number of hydrogen-bond donors (Lipinski definition) is 1. The molecule has 0 fully saturated rings. The van der Waals surface area contributed by atoms with Crippen LogP contribution >= 0.6 is 22.6 Å². The van der Waals surface area contributed by atoms with E-state index in [1.807, 2.05) is 25.1 Å². The molecular weight excluding hydrogens is 329 g/mol. The van der Waals surface area contributed by atoms with Crippen LogP contribution in [-0.4, -0.2) is 6.61 Å². The summed E-state index contributed by atoms with van der Waals surface area (Å²) in [6.45, 7) is 2.45. The maximum Gasteiger partial charge on any atom is 0.145 e. The number of allylic oxidation sites excluding steroid dienone is 1. The first-order chi connectivity index (χ1) is 8.21. The van der Waals surface area contributed by atoms with Gasteiger partial charge in [-0.05, 0) is 47.7 Å². The molecule has 1 aromatic carbocycles. The number of nitriles is 2. The summed E-state index contributed by atoms with van der Waals surface area (Å²) in [6, 6.07) is 9.22. The number of halogens is 1. The molecule has 1 N–H and O–H groups in total. The molecule has 0 saturated carbocycles. The molecule has 0 aliphatic heterocycles. The Morgan fingerprint density at radius 2 is 2.18 bits per heavy atom. The quantitative estimate of drug-likeness (QED) is 0.676. The summed E-state index contributed by atoms with van der Waals surface area (Å²) in [4.78, 5) is 0. The molecule has 5 heteroatoms. The Morgan fingerprint density at radius 3 is 2.76 bits per heavy atom. The molecule has 1 aromatic rings. The van der Waals surface area contributed by atoms with Gasteiger partial charge in [0.1, 0.15) is 23.5 Å². The Bertz CT molecular complexity index is 495. The highest BCUT2D eigenvalue weighted by Gasteiger charge is 2.03. The van der Waals surface area contributed by atoms with E-state index in [1.165, 1.54) is 6.20 Å². The van der Waals surface area contributed by atoms with Crippen LogP contribution in [0.5, 0.6) is 5.75 Å². The normalized spacial score (nSPS) is 8.71. The summed E-state index contributed by atoms with van der Waals surface area (Å²) in [5.74, 6) is 0.694. The molecule has 0 saturated heterocycles. The van der Waals surface area contributed by atoms with Gasteiger partial charge >= 0.3 is 0 Å². The highest BCUT2D eigenvalue weighted by atomic mass is 127. The van der Waals surface area contributed by atoms with Crippen LogP contribution in [0.3, 0.4) is 0 Å². The molecule has 0 amide bonds. The fourth-order valence-corrected chi connectivity index (χ4v) is 1.63. The highest BCUT2D eigenvalue weighted by Crippen LogP contribution is 2.26. The maximum atomic E-state index is 8.62. The van der Waals surface area contributed by atoms with Crippen LogP contribution in [0, 0.1) is 26.2 Å². The zero-order valence-corrected chi connectivity index (χ0v) is 11.4. The Morgan fingerprint density at radius 1 is 1.47 bits per heavy atom. The molecule has 0 atom stereocenters. The predicted octanol–water partition coefficient (Wildman–Crippen LogP) is 3.03. The molecule has 0 unspecified atom stereocenters. The summed E-state index contributed by atoms with van der Waals surface area (Å²) in [5, 5.41) is 20.1. The third-order valence-electron chi connectivity index (χ3n) is 1.85. The smallest absolute Gasteiger partial charge is 0.145 e. The molecule has 0 bridgehead atoms. The minimum absolute atomic E-state index is 0.0197. The van der Waals surface area contributed by atoms with Gasteiger partial charge in [0.05, 0.1) is 12.3 Å². The molecule has 0 aliphatic carbocycles. The van der Waals surface area contributed by atoms with Crippen molar-refractivity contribution in [3.8, 4) is 17.9 Å². The molecule has 0 aromatic heterocycles. The lowest BCUT2D eigenvalue weighted by atomic mass is 10.3. The van der Waals surface area contributed by atoms with E-state index in [0.717, 1.165) is 9.26 Å². The third-order valence-corrected chi connectivity index (χ3v) is 2.53. The number of hydrogen-bond acceptors (Lipinski definition) is 4. The first-order valence-electron chi connectivity index (χ1n) is 4.90. The van der Waals surface area contributed by atoms with Gasteiger partial charge in [-0.15, -0.1) is 0 Å². The van der Waals surface area contributed by atoms with Gasteiger partial charge in [-0.3, -0.25) is 0 Å². The van der Waals surface area contributed by atoms with Crippen LogP contribution in [0.1, 0.15) is 6.92 Å². The van der Waals surface area contributed by atoms with Gasteiger partial charge in [-0.2, -0.15) is 10.5 Å². The fraction of sp³-hybridized carbons (Fsp3) is 0.167. The van der Waals surface area contributed by atoms with E-state index >= 15 is 0 Å². The monoisotopic (exact) mass is 339 g/mol. The zero-order chi connectivity index (χ0) is 12.7. The van der Waals surface area contributed by atoms with Crippen molar-refractivity contribution >= 4 is 28.3 Å². The fourth-order valence-electron chi connectivity index (χ4n) is 1.14. The van der Waals surface area contributed by atoms with Gasteiger partial charge in [0.2, 0.25) is 0 Å². The van der Waals surface area contributed by atoms with Crippen molar-refractivity contribution in [3.05, 3.63) is 33.5 Å². The molecule has 0 spiro atoms. The van der Waals surface area contributed by atoms with Crippen LogP contribution in [0.15, 0.2) is 30.0 Å². The summed E-state index contributed by atoms with van der Waals surface area (Å²) < 4.78 is 6.47. The first kappa shape index (κ1) is 13.3. The molecule has 1 rings (SSSR count). The molecular formula is C12H10IN3O. The van der Waals surface area contributed by atoms with Crippen LogP contribution in [0.25, 0.3) is 0 Å². The lowest BCUT2D eigenvalue weighted by Gasteiger charge is -2.10. The number of rotatable bonds is 4. The summed E-state index contributed by atoms with van der Waals surface area (Å²) >= 11 is 2.18. The number of nitrogens with zero attached hydrogens (tertiary/aromatic N) is 2. The van der Waals surface area contributed by atoms with E-state index < -0.39 is 0 Å². The molecule has 17 heavy (non-hydrogen) atoms. The average molecular weight is 339 g/mol. The van der Waals surface area contributed by atoms with Crippen LogP contribution in [0.2, 0.25) is 0 Å². The van der Waals surface area contributed by atoms with Crippen molar-refractivity contribution in [1.29, 1.82) is 10.5 Å².